The highest BCUT2D eigenvalue weighted by molar-refractivity contribution is 9.10. The standard InChI is InChI=1S/C14H17BrN2OS/c1-10-9-17-14(19-10)11(2)16-6-7-18-13-5-3-4-12(15)8-13/h3-5,8-9,11,16H,6-7H2,1-2H3. The van der Waals surface area contributed by atoms with Gasteiger partial charge in [0.25, 0.3) is 0 Å². The van der Waals surface area contributed by atoms with Gasteiger partial charge in [-0.15, -0.1) is 11.3 Å². The van der Waals surface area contributed by atoms with E-state index in [1.165, 1.54) is 4.88 Å². The summed E-state index contributed by atoms with van der Waals surface area (Å²) in [5, 5.41) is 4.53. The molecule has 102 valence electrons. The first kappa shape index (κ1) is 14.5. The molecule has 1 aromatic heterocycles. The minimum absolute atomic E-state index is 0.268. The molecule has 0 spiro atoms. The van der Waals surface area contributed by atoms with Crippen LogP contribution in [0.25, 0.3) is 0 Å². The zero-order valence-electron chi connectivity index (χ0n) is 11.0. The van der Waals surface area contributed by atoms with Gasteiger partial charge in [-0.2, -0.15) is 0 Å². The van der Waals surface area contributed by atoms with E-state index in [4.69, 9.17) is 4.74 Å². The molecular weight excluding hydrogens is 324 g/mol. The van der Waals surface area contributed by atoms with Crippen molar-refractivity contribution in [1.29, 1.82) is 0 Å². The molecule has 3 nitrogen and oxygen atoms in total. The average Bonchev–Trinajstić information content (AvgIpc) is 2.81. The fourth-order valence-electron chi connectivity index (χ4n) is 1.66. The summed E-state index contributed by atoms with van der Waals surface area (Å²) in [5.41, 5.74) is 0. The SMILES string of the molecule is Cc1cnc(C(C)NCCOc2cccc(Br)c2)s1. The van der Waals surface area contributed by atoms with Crippen LogP contribution in [-0.4, -0.2) is 18.1 Å². The molecule has 0 saturated heterocycles. The van der Waals surface area contributed by atoms with Crippen molar-refractivity contribution in [1.82, 2.24) is 10.3 Å². The highest BCUT2D eigenvalue weighted by atomic mass is 79.9. The van der Waals surface area contributed by atoms with Crippen molar-refractivity contribution in [2.75, 3.05) is 13.2 Å². The number of benzene rings is 1. The van der Waals surface area contributed by atoms with Crippen molar-refractivity contribution >= 4 is 27.3 Å². The zero-order valence-corrected chi connectivity index (χ0v) is 13.4. The summed E-state index contributed by atoms with van der Waals surface area (Å²) in [6.45, 7) is 5.64. The maximum absolute atomic E-state index is 5.67. The second kappa shape index (κ2) is 7.03. The molecule has 0 aliphatic carbocycles. The summed E-state index contributed by atoms with van der Waals surface area (Å²) in [6.07, 6.45) is 1.91. The zero-order chi connectivity index (χ0) is 13.7. The van der Waals surface area contributed by atoms with Crippen LogP contribution < -0.4 is 10.1 Å². The highest BCUT2D eigenvalue weighted by Crippen LogP contribution is 2.19. The van der Waals surface area contributed by atoms with E-state index in [9.17, 15) is 0 Å². The first-order valence-corrected chi connectivity index (χ1v) is 7.80. The first-order chi connectivity index (χ1) is 9.15. The molecule has 0 saturated carbocycles. The van der Waals surface area contributed by atoms with Crippen molar-refractivity contribution in [2.24, 2.45) is 0 Å². The number of rotatable bonds is 6. The van der Waals surface area contributed by atoms with E-state index in [1.54, 1.807) is 11.3 Å². The molecule has 1 unspecified atom stereocenters. The third kappa shape index (κ3) is 4.60. The van der Waals surface area contributed by atoms with Crippen LogP contribution >= 0.6 is 27.3 Å². The van der Waals surface area contributed by atoms with E-state index in [0.29, 0.717) is 6.61 Å². The van der Waals surface area contributed by atoms with Crippen LogP contribution in [0.1, 0.15) is 22.9 Å². The summed E-state index contributed by atoms with van der Waals surface area (Å²) in [6, 6.07) is 8.14. The van der Waals surface area contributed by atoms with Crippen molar-refractivity contribution in [3.8, 4) is 5.75 Å². The lowest BCUT2D eigenvalue weighted by Gasteiger charge is -2.12. The van der Waals surface area contributed by atoms with E-state index in [1.807, 2.05) is 30.5 Å². The van der Waals surface area contributed by atoms with Gasteiger partial charge < -0.3 is 10.1 Å². The predicted molar refractivity (Wildman–Crippen MR) is 82.9 cm³/mol. The Morgan fingerprint density at radius 2 is 2.32 bits per heavy atom. The fraction of sp³-hybridized carbons (Fsp3) is 0.357. The topological polar surface area (TPSA) is 34.2 Å². The lowest BCUT2D eigenvalue weighted by Crippen LogP contribution is -2.24. The van der Waals surface area contributed by atoms with Gasteiger partial charge in [-0.3, -0.25) is 0 Å². The second-order valence-corrected chi connectivity index (χ2v) is 6.47. The molecule has 5 heteroatoms. The Hall–Kier alpha value is -0.910. The van der Waals surface area contributed by atoms with Crippen molar-refractivity contribution in [2.45, 2.75) is 19.9 Å². The molecule has 0 bridgehead atoms. The number of hydrogen-bond donors (Lipinski definition) is 1. The number of hydrogen-bond acceptors (Lipinski definition) is 4. The fourth-order valence-corrected chi connectivity index (χ4v) is 2.84. The lowest BCUT2D eigenvalue weighted by molar-refractivity contribution is 0.307. The van der Waals surface area contributed by atoms with Crippen molar-refractivity contribution in [3.05, 3.63) is 44.8 Å². The van der Waals surface area contributed by atoms with Gasteiger partial charge in [-0.1, -0.05) is 22.0 Å². The molecule has 0 fully saturated rings. The second-order valence-electron chi connectivity index (χ2n) is 4.29. The smallest absolute Gasteiger partial charge is 0.120 e. The number of nitrogens with zero attached hydrogens (tertiary/aromatic N) is 1. The highest BCUT2D eigenvalue weighted by Gasteiger charge is 2.08. The van der Waals surface area contributed by atoms with E-state index >= 15 is 0 Å². The van der Waals surface area contributed by atoms with Gasteiger partial charge in [0.1, 0.15) is 17.4 Å². The van der Waals surface area contributed by atoms with Gasteiger partial charge in [-0.05, 0) is 32.0 Å². The quantitative estimate of drug-likeness (QED) is 0.808. The van der Waals surface area contributed by atoms with Crippen LogP contribution in [0.4, 0.5) is 0 Å². The average molecular weight is 341 g/mol. The van der Waals surface area contributed by atoms with E-state index in [-0.39, 0.29) is 6.04 Å². The number of aryl methyl sites for hydroxylation is 1. The Kier molecular flexibility index (Phi) is 5.36. The van der Waals surface area contributed by atoms with Crippen molar-refractivity contribution < 1.29 is 4.74 Å². The van der Waals surface area contributed by atoms with Gasteiger partial charge in [0.15, 0.2) is 0 Å². The number of aromatic nitrogens is 1. The number of nitrogens with one attached hydrogen (secondary N) is 1. The minimum Gasteiger partial charge on any atom is -0.492 e. The normalized spacial score (nSPS) is 12.4. The molecule has 1 heterocycles. The van der Waals surface area contributed by atoms with Crippen LogP contribution in [0.15, 0.2) is 34.9 Å². The maximum Gasteiger partial charge on any atom is 0.120 e. The Bertz CT molecular complexity index is 530. The Morgan fingerprint density at radius 3 is 3.00 bits per heavy atom. The largest absolute Gasteiger partial charge is 0.492 e. The summed E-state index contributed by atoms with van der Waals surface area (Å²) >= 11 is 5.16. The van der Waals surface area contributed by atoms with Crippen LogP contribution in [0.3, 0.4) is 0 Å². The Balaban J connectivity index is 1.72. The summed E-state index contributed by atoms with van der Waals surface area (Å²) in [5.74, 6) is 0.883. The minimum atomic E-state index is 0.268. The molecule has 0 aliphatic heterocycles. The van der Waals surface area contributed by atoms with Crippen LogP contribution in [-0.2, 0) is 0 Å². The molecule has 1 N–H and O–H groups in total. The molecule has 1 aromatic carbocycles. The van der Waals surface area contributed by atoms with Crippen LogP contribution in [0.5, 0.6) is 5.75 Å². The Morgan fingerprint density at radius 1 is 1.47 bits per heavy atom. The molecule has 19 heavy (non-hydrogen) atoms. The van der Waals surface area contributed by atoms with Gasteiger partial charge in [0, 0.05) is 22.1 Å². The molecular formula is C14H17BrN2OS. The summed E-state index contributed by atoms with van der Waals surface area (Å²) in [4.78, 5) is 5.62. The van der Waals surface area contributed by atoms with E-state index in [2.05, 4.69) is 40.1 Å². The lowest BCUT2D eigenvalue weighted by atomic mass is 10.3. The molecule has 0 aliphatic rings. The summed E-state index contributed by atoms with van der Waals surface area (Å²) < 4.78 is 6.70. The molecule has 1 atom stereocenters. The van der Waals surface area contributed by atoms with Gasteiger partial charge >= 0.3 is 0 Å². The maximum atomic E-state index is 5.67. The van der Waals surface area contributed by atoms with Crippen molar-refractivity contribution in [3.63, 3.8) is 0 Å². The number of ether oxygens (including phenoxy) is 1. The first-order valence-electron chi connectivity index (χ1n) is 6.19. The molecule has 0 radical (unpaired) electrons. The monoisotopic (exact) mass is 340 g/mol. The molecule has 2 aromatic rings. The van der Waals surface area contributed by atoms with Crippen LogP contribution in [0, 0.1) is 6.92 Å². The van der Waals surface area contributed by atoms with Gasteiger partial charge in [0.05, 0.1) is 6.04 Å². The summed E-state index contributed by atoms with van der Waals surface area (Å²) in [7, 11) is 0. The molecule has 2 rings (SSSR count). The van der Waals surface area contributed by atoms with Crippen LogP contribution in [0.2, 0.25) is 0 Å². The number of thiazole rings is 1. The third-order valence-corrected chi connectivity index (χ3v) is 4.22. The van der Waals surface area contributed by atoms with Gasteiger partial charge in [0.2, 0.25) is 0 Å². The Labute approximate surface area is 126 Å². The number of halogens is 1. The molecule has 0 amide bonds. The van der Waals surface area contributed by atoms with E-state index in [0.717, 1.165) is 21.8 Å². The van der Waals surface area contributed by atoms with E-state index < -0.39 is 0 Å². The van der Waals surface area contributed by atoms with Gasteiger partial charge in [-0.25, -0.2) is 4.98 Å². The predicted octanol–water partition coefficient (Wildman–Crippen LogP) is 3.94. The third-order valence-electron chi connectivity index (χ3n) is 2.63.